The minimum Gasteiger partial charge on any atom is -0.394 e. The molecule has 0 amide bonds. The van der Waals surface area contributed by atoms with Gasteiger partial charge in [0.15, 0.2) is 0 Å². The summed E-state index contributed by atoms with van der Waals surface area (Å²) >= 11 is 0. The Balaban J connectivity index is 2.24. The summed E-state index contributed by atoms with van der Waals surface area (Å²) in [5, 5.41) is 27.6. The van der Waals surface area contributed by atoms with Crippen molar-refractivity contribution in [1.29, 1.82) is 0 Å². The lowest BCUT2D eigenvalue weighted by atomic mass is 10.3. The molecule has 13 heavy (non-hydrogen) atoms. The Kier molecular flexibility index (Phi) is 3.81. The van der Waals surface area contributed by atoms with Crippen LogP contribution >= 0.6 is 0 Å². The molecule has 0 aliphatic carbocycles. The van der Waals surface area contributed by atoms with E-state index < -0.39 is 6.10 Å². The first-order chi connectivity index (χ1) is 6.24. The summed E-state index contributed by atoms with van der Waals surface area (Å²) in [5.74, 6) is 0. The van der Waals surface area contributed by atoms with Crippen molar-refractivity contribution in [2.45, 2.75) is 19.6 Å². The van der Waals surface area contributed by atoms with Crippen molar-refractivity contribution < 1.29 is 14.8 Å². The molecule has 74 valence electrons. The minimum atomic E-state index is -0.736. The van der Waals surface area contributed by atoms with Crippen molar-refractivity contribution in [3.8, 4) is 0 Å². The fourth-order valence-electron chi connectivity index (χ4n) is 0.832. The van der Waals surface area contributed by atoms with E-state index in [2.05, 4.69) is 20.3 Å². The highest BCUT2D eigenvalue weighted by Crippen LogP contribution is 1.98. The van der Waals surface area contributed by atoms with E-state index in [0.29, 0.717) is 18.8 Å². The summed E-state index contributed by atoms with van der Waals surface area (Å²) in [7, 11) is 0. The van der Waals surface area contributed by atoms with E-state index in [1.54, 1.807) is 6.92 Å². The van der Waals surface area contributed by atoms with Gasteiger partial charge in [0.25, 0.3) is 0 Å². The summed E-state index contributed by atoms with van der Waals surface area (Å²) < 4.78 is 4.48. The van der Waals surface area contributed by atoms with Crippen molar-refractivity contribution in [3.63, 3.8) is 0 Å². The highest BCUT2D eigenvalue weighted by Gasteiger charge is 2.05. The van der Waals surface area contributed by atoms with Crippen LogP contribution in [0.15, 0.2) is 4.63 Å². The maximum Gasteiger partial charge on any atom is 0.121 e. The average molecular weight is 187 g/mol. The van der Waals surface area contributed by atoms with E-state index >= 15 is 0 Å². The first kappa shape index (κ1) is 10.1. The summed E-state index contributed by atoms with van der Waals surface area (Å²) in [6.07, 6.45) is -0.736. The summed E-state index contributed by atoms with van der Waals surface area (Å²) in [6, 6.07) is 0. The number of aryl methyl sites for hydroxylation is 1. The number of rotatable bonds is 5. The van der Waals surface area contributed by atoms with Gasteiger partial charge in [0.1, 0.15) is 11.4 Å². The smallest absolute Gasteiger partial charge is 0.121 e. The number of aliphatic hydroxyl groups excluding tert-OH is 2. The fraction of sp³-hybridized carbons (Fsp3) is 0.714. The van der Waals surface area contributed by atoms with Crippen LogP contribution in [0, 0.1) is 6.92 Å². The highest BCUT2D eigenvalue weighted by molar-refractivity contribution is 5.03. The second-order valence-electron chi connectivity index (χ2n) is 2.76. The molecule has 0 aliphatic heterocycles. The molecular weight excluding hydrogens is 174 g/mol. The first-order valence-electron chi connectivity index (χ1n) is 4.01. The number of hydrogen-bond acceptors (Lipinski definition) is 6. The molecule has 0 saturated carbocycles. The largest absolute Gasteiger partial charge is 0.394 e. The van der Waals surface area contributed by atoms with Gasteiger partial charge in [-0.15, -0.1) is 0 Å². The highest BCUT2D eigenvalue weighted by atomic mass is 16.6. The van der Waals surface area contributed by atoms with Crippen LogP contribution in [0.25, 0.3) is 0 Å². The molecule has 0 aromatic carbocycles. The zero-order chi connectivity index (χ0) is 9.68. The van der Waals surface area contributed by atoms with Crippen LogP contribution in [0.3, 0.4) is 0 Å². The molecule has 1 atom stereocenters. The third kappa shape index (κ3) is 3.10. The Morgan fingerprint density at radius 2 is 2.31 bits per heavy atom. The number of aromatic nitrogens is 2. The van der Waals surface area contributed by atoms with Gasteiger partial charge in [-0.3, -0.25) is 0 Å². The minimum absolute atomic E-state index is 0.247. The van der Waals surface area contributed by atoms with Gasteiger partial charge in [0.2, 0.25) is 0 Å². The predicted molar refractivity (Wildman–Crippen MR) is 43.8 cm³/mol. The quantitative estimate of drug-likeness (QED) is 0.537. The summed E-state index contributed by atoms with van der Waals surface area (Å²) in [4.78, 5) is 0. The van der Waals surface area contributed by atoms with Crippen LogP contribution < -0.4 is 5.32 Å². The Hall–Kier alpha value is -0.980. The molecule has 1 heterocycles. The van der Waals surface area contributed by atoms with Gasteiger partial charge in [-0.1, -0.05) is 10.3 Å². The molecular formula is C7H13N3O3. The average Bonchev–Trinajstić information content (AvgIpc) is 2.52. The van der Waals surface area contributed by atoms with E-state index in [-0.39, 0.29) is 6.61 Å². The Morgan fingerprint density at radius 1 is 1.54 bits per heavy atom. The number of hydrogen-bond donors (Lipinski definition) is 3. The van der Waals surface area contributed by atoms with Crippen molar-refractivity contribution in [1.82, 2.24) is 15.6 Å². The van der Waals surface area contributed by atoms with Gasteiger partial charge >= 0.3 is 0 Å². The van der Waals surface area contributed by atoms with Crippen molar-refractivity contribution in [3.05, 3.63) is 11.4 Å². The molecule has 1 unspecified atom stereocenters. The van der Waals surface area contributed by atoms with Crippen LogP contribution in [0.1, 0.15) is 11.4 Å². The van der Waals surface area contributed by atoms with Crippen LogP contribution in [-0.2, 0) is 6.54 Å². The van der Waals surface area contributed by atoms with Gasteiger partial charge < -0.3 is 15.5 Å². The van der Waals surface area contributed by atoms with Gasteiger partial charge in [-0.05, 0) is 6.92 Å². The Bertz CT molecular complexity index is 251. The molecule has 1 aromatic rings. The second kappa shape index (κ2) is 4.90. The van der Waals surface area contributed by atoms with Crippen LogP contribution in [-0.4, -0.2) is 39.8 Å². The zero-order valence-corrected chi connectivity index (χ0v) is 7.40. The SMILES string of the molecule is Cc1nonc1CNCC(O)CO. The second-order valence-corrected chi connectivity index (χ2v) is 2.76. The summed E-state index contributed by atoms with van der Waals surface area (Å²) in [5.41, 5.74) is 1.44. The Morgan fingerprint density at radius 3 is 2.85 bits per heavy atom. The van der Waals surface area contributed by atoms with Crippen LogP contribution in [0.5, 0.6) is 0 Å². The van der Waals surface area contributed by atoms with Crippen molar-refractivity contribution in [2.24, 2.45) is 0 Å². The van der Waals surface area contributed by atoms with Gasteiger partial charge in [-0.25, -0.2) is 4.63 Å². The standard InChI is InChI=1S/C7H13N3O3/c1-5-7(10-13-9-5)3-8-2-6(12)4-11/h6,8,11-12H,2-4H2,1H3. The zero-order valence-electron chi connectivity index (χ0n) is 7.40. The van der Waals surface area contributed by atoms with E-state index in [1.165, 1.54) is 0 Å². The normalized spacial score (nSPS) is 13.2. The maximum atomic E-state index is 8.98. The lowest BCUT2D eigenvalue weighted by Gasteiger charge is -2.06. The molecule has 0 spiro atoms. The van der Waals surface area contributed by atoms with Gasteiger partial charge in [0.05, 0.1) is 12.7 Å². The molecule has 0 bridgehead atoms. The predicted octanol–water partition coefficient (Wildman–Crippen LogP) is -1.18. The Labute approximate surface area is 75.5 Å². The lowest BCUT2D eigenvalue weighted by Crippen LogP contribution is -2.29. The van der Waals surface area contributed by atoms with Crippen LogP contribution in [0.4, 0.5) is 0 Å². The topological polar surface area (TPSA) is 91.4 Å². The number of aliphatic hydroxyl groups is 2. The number of nitrogens with one attached hydrogen (secondary N) is 1. The monoisotopic (exact) mass is 187 g/mol. The molecule has 0 saturated heterocycles. The first-order valence-corrected chi connectivity index (χ1v) is 4.01. The van der Waals surface area contributed by atoms with Gasteiger partial charge in [0, 0.05) is 13.1 Å². The van der Waals surface area contributed by atoms with E-state index in [0.717, 1.165) is 5.69 Å². The molecule has 6 heteroatoms. The van der Waals surface area contributed by atoms with Crippen LogP contribution in [0.2, 0.25) is 0 Å². The molecule has 3 N–H and O–H groups in total. The van der Waals surface area contributed by atoms with Crippen molar-refractivity contribution in [2.75, 3.05) is 13.2 Å². The molecule has 1 aromatic heterocycles. The summed E-state index contributed by atoms with van der Waals surface area (Å²) in [6.45, 7) is 2.34. The fourth-order valence-corrected chi connectivity index (χ4v) is 0.832. The van der Waals surface area contributed by atoms with Crippen molar-refractivity contribution >= 4 is 0 Å². The molecule has 1 rings (SSSR count). The van der Waals surface area contributed by atoms with Gasteiger partial charge in [-0.2, -0.15) is 0 Å². The third-order valence-corrected chi connectivity index (χ3v) is 1.63. The van der Waals surface area contributed by atoms with E-state index in [1.807, 2.05) is 0 Å². The maximum absolute atomic E-state index is 8.98. The molecule has 0 radical (unpaired) electrons. The lowest BCUT2D eigenvalue weighted by molar-refractivity contribution is 0.0940. The number of nitrogens with zero attached hydrogens (tertiary/aromatic N) is 2. The molecule has 6 nitrogen and oxygen atoms in total. The third-order valence-electron chi connectivity index (χ3n) is 1.63. The molecule has 0 aliphatic rings. The van der Waals surface area contributed by atoms with E-state index in [9.17, 15) is 0 Å². The van der Waals surface area contributed by atoms with E-state index in [4.69, 9.17) is 10.2 Å². The molecule has 0 fully saturated rings.